The van der Waals surface area contributed by atoms with Crippen molar-refractivity contribution in [1.29, 1.82) is 0 Å². The van der Waals surface area contributed by atoms with Gasteiger partial charge < -0.3 is 40.4 Å². The quantitative estimate of drug-likeness (QED) is 0.427. The molecule has 4 rings (SSSR count). The van der Waals surface area contributed by atoms with Gasteiger partial charge in [0.05, 0.1) is 13.1 Å². The molecule has 0 saturated carbocycles. The summed E-state index contributed by atoms with van der Waals surface area (Å²) in [5.41, 5.74) is 6.67. The maximum absolute atomic E-state index is 12.6. The minimum absolute atomic E-state index is 0.0953. The zero-order chi connectivity index (χ0) is 22.3. The molecule has 2 aliphatic rings. The molecular weight excluding hydrogens is 407 g/mol. The van der Waals surface area contributed by atoms with Crippen LogP contribution in [-0.4, -0.2) is 63.4 Å². The lowest BCUT2D eigenvalue weighted by Gasteiger charge is -2.40. The number of carboxylic acid groups (broad SMARTS) is 1. The van der Waals surface area contributed by atoms with Crippen LogP contribution in [0.3, 0.4) is 0 Å². The molecule has 0 spiro atoms. The number of hydrogen-bond acceptors (Lipinski definition) is 8. The van der Waals surface area contributed by atoms with Crippen molar-refractivity contribution >= 4 is 19.0 Å². The number of aryl methyl sites for hydroxylation is 1. The third kappa shape index (κ3) is 3.97. The molecule has 0 radical (unpaired) electrons. The van der Waals surface area contributed by atoms with Crippen LogP contribution in [0.15, 0.2) is 30.3 Å². The van der Waals surface area contributed by atoms with Crippen LogP contribution in [0.5, 0.6) is 23.0 Å². The Balaban J connectivity index is 1.44. The second-order valence-electron chi connectivity index (χ2n) is 7.55. The second-order valence-corrected chi connectivity index (χ2v) is 7.55. The first-order valence-corrected chi connectivity index (χ1v) is 9.71. The van der Waals surface area contributed by atoms with E-state index >= 15 is 0 Å². The van der Waals surface area contributed by atoms with E-state index in [0.717, 1.165) is 6.07 Å². The molecule has 2 heterocycles. The number of carbonyl (C=O) groups is 2. The summed E-state index contributed by atoms with van der Waals surface area (Å²) in [6.45, 7) is 0.371. The third-order valence-corrected chi connectivity index (χ3v) is 5.40. The van der Waals surface area contributed by atoms with E-state index in [9.17, 15) is 29.9 Å². The van der Waals surface area contributed by atoms with Crippen molar-refractivity contribution in [2.24, 2.45) is 5.73 Å². The van der Waals surface area contributed by atoms with Crippen molar-refractivity contribution < 1.29 is 39.3 Å². The summed E-state index contributed by atoms with van der Waals surface area (Å²) in [4.78, 5) is 25.8. The molecule has 1 saturated heterocycles. The first kappa shape index (κ1) is 20.8. The van der Waals surface area contributed by atoms with Crippen LogP contribution in [-0.2, 0) is 11.2 Å². The minimum atomic E-state index is -1.24. The van der Waals surface area contributed by atoms with Gasteiger partial charge in [-0.2, -0.15) is 0 Å². The minimum Gasteiger partial charge on any atom is -0.535 e. The van der Waals surface area contributed by atoms with Crippen molar-refractivity contribution in [1.82, 2.24) is 4.90 Å². The van der Waals surface area contributed by atoms with Gasteiger partial charge in [-0.3, -0.25) is 4.79 Å². The number of phenolic OH excluding ortho intramolecular Hbond substituents is 2. The van der Waals surface area contributed by atoms with E-state index in [1.165, 1.54) is 17.0 Å². The van der Waals surface area contributed by atoms with Crippen LogP contribution in [0.4, 0.5) is 0 Å². The molecule has 1 unspecified atom stereocenters. The van der Waals surface area contributed by atoms with Crippen LogP contribution >= 0.6 is 0 Å². The van der Waals surface area contributed by atoms with Gasteiger partial charge in [0.1, 0.15) is 40.7 Å². The molecule has 10 nitrogen and oxygen atoms in total. The number of hydrogen-bond donors (Lipinski definition) is 5. The standard InChI is InChI=1S/C20H21BN2O8/c22-17(13-3-2-11(24)7-14(13)25)19(26)23-8-12(9-23)30-15-4-1-10-5-6-21(29)31-18(10)16(15)20(27)28/h1-4,7,12,17,24-25,29H,5-6,8-9,22H2,(H,27,28). The molecule has 2 aliphatic heterocycles. The molecular formula is C20H21BN2O8. The van der Waals surface area contributed by atoms with Gasteiger partial charge in [0.25, 0.3) is 0 Å². The number of fused-ring (bicyclic) bond motifs is 1. The normalized spacial score (nSPS) is 16.7. The number of rotatable bonds is 5. The lowest BCUT2D eigenvalue weighted by molar-refractivity contribution is -0.141. The number of phenols is 2. The summed E-state index contributed by atoms with van der Waals surface area (Å²) >= 11 is 0. The molecule has 0 aliphatic carbocycles. The third-order valence-electron chi connectivity index (χ3n) is 5.40. The lowest BCUT2D eigenvalue weighted by atomic mass is 9.78. The number of aromatic hydroxyl groups is 2. The Hall–Kier alpha value is -3.44. The average molecular weight is 428 g/mol. The van der Waals surface area contributed by atoms with Gasteiger partial charge in [-0.25, -0.2) is 4.79 Å². The number of benzene rings is 2. The topological polar surface area (TPSA) is 163 Å². The van der Waals surface area contributed by atoms with Gasteiger partial charge in [-0.05, 0) is 36.5 Å². The molecule has 1 fully saturated rings. The summed E-state index contributed by atoms with van der Waals surface area (Å²) in [6, 6.07) is 5.94. The van der Waals surface area contributed by atoms with Gasteiger partial charge in [0.2, 0.25) is 5.91 Å². The van der Waals surface area contributed by atoms with Gasteiger partial charge in [0, 0.05) is 11.6 Å². The predicted octanol–water partition coefficient (Wildman–Crippen LogP) is 0.501. The van der Waals surface area contributed by atoms with Crippen LogP contribution in [0.1, 0.15) is 27.5 Å². The number of nitrogens with two attached hydrogens (primary N) is 1. The highest BCUT2D eigenvalue weighted by atomic mass is 16.5. The van der Waals surface area contributed by atoms with E-state index in [0.29, 0.717) is 18.3 Å². The van der Waals surface area contributed by atoms with E-state index in [4.69, 9.17) is 15.1 Å². The first-order chi connectivity index (χ1) is 14.7. The Kier molecular flexibility index (Phi) is 5.38. The number of carbonyl (C=O) groups excluding carboxylic acids is 1. The zero-order valence-corrected chi connectivity index (χ0v) is 16.4. The highest BCUT2D eigenvalue weighted by Gasteiger charge is 2.37. The number of nitrogens with zero attached hydrogens (tertiary/aromatic N) is 1. The summed E-state index contributed by atoms with van der Waals surface area (Å²) in [7, 11) is -1.07. The lowest BCUT2D eigenvalue weighted by Crippen LogP contribution is -2.58. The number of amides is 1. The molecule has 1 amide bonds. The van der Waals surface area contributed by atoms with Gasteiger partial charge in [-0.1, -0.05) is 6.07 Å². The average Bonchev–Trinajstić information content (AvgIpc) is 2.68. The van der Waals surface area contributed by atoms with Gasteiger partial charge >= 0.3 is 13.1 Å². The van der Waals surface area contributed by atoms with E-state index in [2.05, 4.69) is 0 Å². The molecule has 6 N–H and O–H groups in total. The largest absolute Gasteiger partial charge is 0.535 e. The summed E-state index contributed by atoms with van der Waals surface area (Å²) in [5.74, 6) is -1.90. The Labute approximate surface area is 177 Å². The maximum atomic E-state index is 12.6. The van der Waals surface area contributed by atoms with E-state index in [1.54, 1.807) is 12.1 Å². The summed E-state index contributed by atoms with van der Waals surface area (Å²) in [5, 5.41) is 38.6. The van der Waals surface area contributed by atoms with E-state index < -0.39 is 31.1 Å². The molecule has 2 aromatic rings. The molecule has 162 valence electrons. The Morgan fingerprint density at radius 2 is 1.97 bits per heavy atom. The fourth-order valence-electron chi connectivity index (χ4n) is 3.71. The number of aromatic carboxylic acids is 1. The summed E-state index contributed by atoms with van der Waals surface area (Å²) < 4.78 is 11.1. The van der Waals surface area contributed by atoms with Crippen LogP contribution in [0.2, 0.25) is 6.32 Å². The maximum Gasteiger partial charge on any atom is 0.522 e. The van der Waals surface area contributed by atoms with Crippen molar-refractivity contribution in [3.8, 4) is 23.0 Å². The van der Waals surface area contributed by atoms with Crippen molar-refractivity contribution in [2.75, 3.05) is 13.1 Å². The number of carboxylic acids is 1. The van der Waals surface area contributed by atoms with Crippen LogP contribution in [0, 0.1) is 0 Å². The van der Waals surface area contributed by atoms with Crippen molar-refractivity contribution in [3.63, 3.8) is 0 Å². The van der Waals surface area contributed by atoms with E-state index in [1.807, 2.05) is 0 Å². The fraction of sp³-hybridized carbons (Fsp3) is 0.300. The van der Waals surface area contributed by atoms with Crippen molar-refractivity contribution in [2.45, 2.75) is 24.9 Å². The van der Waals surface area contributed by atoms with Crippen LogP contribution < -0.4 is 15.1 Å². The van der Waals surface area contributed by atoms with Gasteiger partial charge in [0.15, 0.2) is 0 Å². The molecule has 31 heavy (non-hydrogen) atoms. The summed E-state index contributed by atoms with van der Waals surface area (Å²) in [6.07, 6.45) is 0.419. The smallest absolute Gasteiger partial charge is 0.522 e. The predicted molar refractivity (Wildman–Crippen MR) is 108 cm³/mol. The SMILES string of the molecule is NC(C(=O)N1CC(Oc2ccc3c(c2C(=O)O)OB(O)CC3)C1)c1ccc(O)cc1O. The fourth-order valence-corrected chi connectivity index (χ4v) is 3.71. The Morgan fingerprint density at radius 1 is 1.23 bits per heavy atom. The van der Waals surface area contributed by atoms with E-state index in [-0.39, 0.29) is 47.2 Å². The monoisotopic (exact) mass is 428 g/mol. The molecule has 0 bridgehead atoms. The number of ether oxygens (including phenoxy) is 1. The van der Waals surface area contributed by atoms with Crippen LogP contribution in [0.25, 0.3) is 0 Å². The molecule has 1 atom stereocenters. The van der Waals surface area contributed by atoms with Gasteiger partial charge in [-0.15, -0.1) is 0 Å². The Bertz CT molecular complexity index is 1040. The molecule has 11 heteroatoms. The highest BCUT2D eigenvalue weighted by molar-refractivity contribution is 6.44. The highest BCUT2D eigenvalue weighted by Crippen LogP contribution is 2.37. The molecule has 2 aromatic carbocycles. The zero-order valence-electron chi connectivity index (χ0n) is 16.4. The second kappa shape index (κ2) is 8.01. The number of likely N-dealkylation sites (tertiary alicyclic amines) is 1. The Morgan fingerprint density at radius 3 is 2.65 bits per heavy atom. The van der Waals surface area contributed by atoms with Crippen molar-refractivity contribution in [3.05, 3.63) is 47.0 Å². The first-order valence-electron chi connectivity index (χ1n) is 9.71. The molecule has 0 aromatic heterocycles.